The highest BCUT2D eigenvalue weighted by Crippen LogP contribution is 2.29. The zero-order valence-electron chi connectivity index (χ0n) is 19.9. The number of nitrogens with zero attached hydrogens (tertiary/aromatic N) is 5. The van der Waals surface area contributed by atoms with Crippen molar-refractivity contribution >= 4 is 22.8 Å². The van der Waals surface area contributed by atoms with E-state index in [1.165, 1.54) is 5.56 Å². The van der Waals surface area contributed by atoms with Crippen LogP contribution in [-0.2, 0) is 16.1 Å². The van der Waals surface area contributed by atoms with Gasteiger partial charge < -0.3 is 9.64 Å². The van der Waals surface area contributed by atoms with Gasteiger partial charge in [-0.1, -0.05) is 62.7 Å². The molecule has 7 nitrogen and oxygen atoms in total. The van der Waals surface area contributed by atoms with E-state index in [0.29, 0.717) is 23.6 Å². The van der Waals surface area contributed by atoms with Crippen molar-refractivity contribution in [3.05, 3.63) is 65.9 Å². The molecule has 0 radical (unpaired) electrons. The van der Waals surface area contributed by atoms with Crippen LogP contribution in [0.5, 0.6) is 0 Å². The largest absolute Gasteiger partial charge is 0.464 e. The number of benzene rings is 2. The van der Waals surface area contributed by atoms with Gasteiger partial charge in [0.15, 0.2) is 11.7 Å². The summed E-state index contributed by atoms with van der Waals surface area (Å²) in [5.74, 6) is -0.830. The zero-order valence-corrected chi connectivity index (χ0v) is 19.9. The number of rotatable bonds is 8. The maximum absolute atomic E-state index is 12.9. The third kappa shape index (κ3) is 5.52. The number of esters is 1. The van der Waals surface area contributed by atoms with Crippen molar-refractivity contribution in [1.29, 1.82) is 5.26 Å². The highest BCUT2D eigenvalue weighted by molar-refractivity contribution is 5.85. The molecule has 0 amide bonds. The number of para-hydroxylation sites is 2. The summed E-state index contributed by atoms with van der Waals surface area (Å²) in [5.41, 5.74) is 3.08. The van der Waals surface area contributed by atoms with Gasteiger partial charge >= 0.3 is 5.97 Å². The van der Waals surface area contributed by atoms with Crippen LogP contribution in [0.1, 0.15) is 37.4 Å². The van der Waals surface area contributed by atoms with Crippen LogP contribution in [-0.4, -0.2) is 53.6 Å². The minimum atomic E-state index is -1.11. The van der Waals surface area contributed by atoms with Gasteiger partial charge in [-0.25, -0.2) is 9.97 Å². The van der Waals surface area contributed by atoms with Crippen LogP contribution in [0.3, 0.4) is 0 Å². The summed E-state index contributed by atoms with van der Waals surface area (Å²) in [4.78, 5) is 27.0. The summed E-state index contributed by atoms with van der Waals surface area (Å²) in [6.45, 7) is 8.46. The predicted octanol–water partition coefficient (Wildman–Crippen LogP) is 4.15. The van der Waals surface area contributed by atoms with Gasteiger partial charge in [0, 0.05) is 32.7 Å². The van der Waals surface area contributed by atoms with Crippen molar-refractivity contribution in [3.8, 4) is 6.07 Å². The lowest BCUT2D eigenvalue weighted by Gasteiger charge is -2.36. The lowest BCUT2D eigenvalue weighted by Crippen LogP contribution is -2.46. The van der Waals surface area contributed by atoms with E-state index in [1.54, 1.807) is 0 Å². The molecule has 0 unspecified atom stereocenters. The summed E-state index contributed by atoms with van der Waals surface area (Å²) < 4.78 is 5.48. The highest BCUT2D eigenvalue weighted by Gasteiger charge is 2.31. The summed E-state index contributed by atoms with van der Waals surface area (Å²) in [6.07, 6.45) is 0.902. The molecule has 7 heteroatoms. The number of ether oxygens (including phenoxy) is 1. The average molecular weight is 458 g/mol. The van der Waals surface area contributed by atoms with Gasteiger partial charge in [0.25, 0.3) is 0 Å². The molecule has 1 aromatic heterocycles. The molecule has 2 aromatic carbocycles. The molecule has 2 heterocycles. The molecular weight excluding hydrogens is 426 g/mol. The fourth-order valence-corrected chi connectivity index (χ4v) is 4.04. The maximum atomic E-state index is 12.9. The second-order valence-electron chi connectivity index (χ2n) is 8.88. The normalized spacial score (nSPS) is 16.1. The minimum Gasteiger partial charge on any atom is -0.464 e. The smallest absolute Gasteiger partial charge is 0.329 e. The van der Waals surface area contributed by atoms with Gasteiger partial charge in [-0.05, 0) is 23.6 Å². The Hall–Kier alpha value is -3.50. The average Bonchev–Trinajstić information content (AvgIpc) is 2.88. The highest BCUT2D eigenvalue weighted by atomic mass is 16.5. The molecule has 0 saturated carbocycles. The Morgan fingerprint density at radius 3 is 2.32 bits per heavy atom. The first kappa shape index (κ1) is 23.7. The van der Waals surface area contributed by atoms with Crippen LogP contribution < -0.4 is 4.90 Å². The molecule has 34 heavy (non-hydrogen) atoms. The summed E-state index contributed by atoms with van der Waals surface area (Å²) in [7, 11) is 0. The summed E-state index contributed by atoms with van der Waals surface area (Å²) >= 11 is 0. The van der Waals surface area contributed by atoms with E-state index in [2.05, 4.69) is 40.1 Å². The molecule has 1 fully saturated rings. The third-order valence-corrected chi connectivity index (χ3v) is 6.34. The number of aromatic nitrogens is 2. The number of nitriles is 1. The first-order chi connectivity index (χ1) is 16.6. The quantitative estimate of drug-likeness (QED) is 0.470. The number of hydrogen-bond acceptors (Lipinski definition) is 7. The first-order valence-corrected chi connectivity index (χ1v) is 11.9. The van der Waals surface area contributed by atoms with Crippen LogP contribution in [0.2, 0.25) is 0 Å². The Kier molecular flexibility index (Phi) is 7.71. The molecule has 176 valence electrons. The molecule has 0 N–H and O–H groups in total. The Labute approximate surface area is 201 Å². The van der Waals surface area contributed by atoms with Gasteiger partial charge in [0.05, 0.1) is 23.7 Å². The minimum absolute atomic E-state index is 0.239. The molecule has 0 aliphatic carbocycles. The van der Waals surface area contributed by atoms with Crippen LogP contribution >= 0.6 is 0 Å². The fraction of sp³-hybridized carbons (Fsp3) is 0.407. The molecule has 2 atom stereocenters. The van der Waals surface area contributed by atoms with E-state index in [1.807, 2.05) is 44.2 Å². The molecular formula is C27H31N5O2. The lowest BCUT2D eigenvalue weighted by atomic mass is 10.1. The summed E-state index contributed by atoms with van der Waals surface area (Å²) in [6, 6.07) is 20.1. The van der Waals surface area contributed by atoms with Gasteiger partial charge in [-0.15, -0.1) is 0 Å². The van der Waals surface area contributed by atoms with Crippen LogP contribution in [0.4, 0.5) is 5.82 Å². The van der Waals surface area contributed by atoms with E-state index in [0.717, 1.165) is 44.7 Å². The fourth-order valence-electron chi connectivity index (χ4n) is 4.04. The zero-order chi connectivity index (χ0) is 23.9. The van der Waals surface area contributed by atoms with Gasteiger partial charge in [0.1, 0.15) is 5.69 Å². The number of hydrogen-bond donors (Lipinski definition) is 0. The lowest BCUT2D eigenvalue weighted by molar-refractivity contribution is -0.145. The Bertz CT molecular complexity index is 1150. The van der Waals surface area contributed by atoms with Crippen LogP contribution in [0, 0.1) is 17.2 Å². The predicted molar refractivity (Wildman–Crippen MR) is 132 cm³/mol. The molecule has 1 saturated heterocycles. The van der Waals surface area contributed by atoms with E-state index in [9.17, 15) is 10.1 Å². The second-order valence-corrected chi connectivity index (χ2v) is 8.88. The Morgan fingerprint density at radius 1 is 1.03 bits per heavy atom. The SMILES string of the molecule is CC[C@@H](C)COC(=O)[C@H](C#N)c1nc2ccccc2nc1N1CCN(Cc2ccccc2)CC1. The Balaban J connectivity index is 1.57. The second kappa shape index (κ2) is 11.1. The van der Waals surface area contributed by atoms with E-state index in [4.69, 9.17) is 14.7 Å². The number of fused-ring (bicyclic) bond motifs is 1. The molecule has 1 aliphatic heterocycles. The van der Waals surface area contributed by atoms with Crippen molar-refractivity contribution in [2.75, 3.05) is 37.7 Å². The topological polar surface area (TPSA) is 82.3 Å². The van der Waals surface area contributed by atoms with Crippen molar-refractivity contribution in [2.45, 2.75) is 32.7 Å². The molecule has 4 rings (SSSR count). The van der Waals surface area contributed by atoms with Crippen LogP contribution in [0.15, 0.2) is 54.6 Å². The number of piperazine rings is 1. The van der Waals surface area contributed by atoms with Crippen molar-refractivity contribution in [3.63, 3.8) is 0 Å². The van der Waals surface area contributed by atoms with Gasteiger partial charge in [0.2, 0.25) is 0 Å². The van der Waals surface area contributed by atoms with Crippen molar-refractivity contribution < 1.29 is 9.53 Å². The van der Waals surface area contributed by atoms with Crippen LogP contribution in [0.25, 0.3) is 11.0 Å². The molecule has 1 aliphatic rings. The van der Waals surface area contributed by atoms with Gasteiger partial charge in [-0.2, -0.15) is 5.26 Å². The summed E-state index contributed by atoms with van der Waals surface area (Å²) in [5, 5.41) is 9.93. The monoisotopic (exact) mass is 457 g/mol. The molecule has 0 spiro atoms. The van der Waals surface area contributed by atoms with Crippen molar-refractivity contribution in [1.82, 2.24) is 14.9 Å². The van der Waals surface area contributed by atoms with Gasteiger partial charge in [-0.3, -0.25) is 9.69 Å². The number of carbonyl (C=O) groups is 1. The standard InChI is InChI=1S/C27H31N5O2/c1-3-20(2)19-34-27(33)22(17-28)25-26(30-24-12-8-7-11-23(24)29-25)32-15-13-31(14-16-32)18-21-9-5-4-6-10-21/h4-12,20,22H,3,13-16,18-19H2,1-2H3/t20-,22-/m1/s1. The molecule has 3 aromatic rings. The van der Waals surface area contributed by atoms with E-state index >= 15 is 0 Å². The van der Waals surface area contributed by atoms with E-state index < -0.39 is 11.9 Å². The van der Waals surface area contributed by atoms with E-state index in [-0.39, 0.29) is 5.92 Å². The molecule has 0 bridgehead atoms. The maximum Gasteiger partial charge on any atom is 0.329 e. The van der Waals surface area contributed by atoms with Crippen molar-refractivity contribution in [2.24, 2.45) is 5.92 Å². The number of carbonyl (C=O) groups excluding carboxylic acids is 1. The Morgan fingerprint density at radius 2 is 1.68 bits per heavy atom. The number of anilines is 1. The third-order valence-electron chi connectivity index (χ3n) is 6.34. The first-order valence-electron chi connectivity index (χ1n) is 11.9.